The van der Waals surface area contributed by atoms with Gasteiger partial charge in [-0.25, -0.2) is 9.59 Å². The molecule has 110 valence electrons. The lowest BCUT2D eigenvalue weighted by Gasteiger charge is -2.15. The van der Waals surface area contributed by atoms with Crippen LogP contribution in [0.3, 0.4) is 0 Å². The fraction of sp³-hybridized carbons (Fsp3) is 0.750. The molecule has 0 fully saturated rings. The minimum atomic E-state index is -1.18. The highest BCUT2D eigenvalue weighted by Crippen LogP contribution is 2.00. The summed E-state index contributed by atoms with van der Waals surface area (Å²) in [5.41, 5.74) is 0. The van der Waals surface area contributed by atoms with Crippen LogP contribution in [0, 0.1) is 5.92 Å². The zero-order valence-corrected chi connectivity index (χ0v) is 11.6. The third-order valence-corrected chi connectivity index (χ3v) is 2.48. The Hall–Kier alpha value is -1.79. The van der Waals surface area contributed by atoms with Gasteiger partial charge in [-0.1, -0.05) is 13.8 Å². The molecule has 0 aliphatic heterocycles. The molecule has 3 N–H and O–H groups in total. The van der Waals surface area contributed by atoms with Crippen molar-refractivity contribution in [1.82, 2.24) is 10.6 Å². The number of aliphatic carboxylic acids is 1. The molecule has 0 aliphatic rings. The maximum Gasteiger partial charge on any atom is 0.326 e. The van der Waals surface area contributed by atoms with Crippen molar-refractivity contribution in [1.29, 1.82) is 0 Å². The molecule has 0 aromatic carbocycles. The Morgan fingerprint density at radius 2 is 1.84 bits per heavy atom. The third-order valence-electron chi connectivity index (χ3n) is 2.48. The highest BCUT2D eigenvalue weighted by atomic mass is 16.5. The van der Waals surface area contributed by atoms with Crippen molar-refractivity contribution in [3.8, 4) is 0 Å². The maximum absolute atomic E-state index is 11.5. The van der Waals surface area contributed by atoms with Gasteiger partial charge >= 0.3 is 18.0 Å². The van der Waals surface area contributed by atoms with Gasteiger partial charge in [0.15, 0.2) is 0 Å². The van der Waals surface area contributed by atoms with Gasteiger partial charge in [0, 0.05) is 13.0 Å². The molecule has 0 saturated carbocycles. The van der Waals surface area contributed by atoms with E-state index in [0.29, 0.717) is 12.5 Å². The van der Waals surface area contributed by atoms with Gasteiger partial charge in [-0.3, -0.25) is 4.79 Å². The molecular weight excluding hydrogens is 252 g/mol. The van der Waals surface area contributed by atoms with Crippen molar-refractivity contribution in [2.75, 3.05) is 13.7 Å². The van der Waals surface area contributed by atoms with Gasteiger partial charge in [0.05, 0.1) is 7.11 Å². The van der Waals surface area contributed by atoms with E-state index in [1.54, 1.807) is 0 Å². The second kappa shape index (κ2) is 9.18. The fourth-order valence-corrected chi connectivity index (χ4v) is 1.31. The number of nitrogens with one attached hydrogen (secondary N) is 2. The van der Waals surface area contributed by atoms with E-state index in [1.165, 1.54) is 7.11 Å². The van der Waals surface area contributed by atoms with Gasteiger partial charge in [-0.05, 0) is 18.8 Å². The minimum absolute atomic E-state index is 0.000390. The topological polar surface area (TPSA) is 105 Å². The van der Waals surface area contributed by atoms with E-state index >= 15 is 0 Å². The van der Waals surface area contributed by atoms with Crippen molar-refractivity contribution in [2.45, 2.75) is 39.2 Å². The van der Waals surface area contributed by atoms with Crippen LogP contribution in [0.5, 0.6) is 0 Å². The van der Waals surface area contributed by atoms with E-state index in [1.807, 2.05) is 13.8 Å². The smallest absolute Gasteiger partial charge is 0.326 e. The van der Waals surface area contributed by atoms with Gasteiger partial charge in [0.2, 0.25) is 0 Å². The highest BCUT2D eigenvalue weighted by molar-refractivity contribution is 5.83. The lowest BCUT2D eigenvalue weighted by Crippen LogP contribution is -2.46. The predicted octanol–water partition coefficient (Wildman–Crippen LogP) is 0.738. The first-order valence-electron chi connectivity index (χ1n) is 6.20. The summed E-state index contributed by atoms with van der Waals surface area (Å²) in [6.07, 6.45) is 0.757. The van der Waals surface area contributed by atoms with Crippen LogP contribution in [0.1, 0.15) is 33.1 Å². The van der Waals surface area contributed by atoms with Gasteiger partial charge in [0.25, 0.3) is 0 Å². The molecule has 0 rings (SSSR count). The third kappa shape index (κ3) is 8.87. The normalized spacial score (nSPS) is 11.8. The Kier molecular flexibility index (Phi) is 8.32. The van der Waals surface area contributed by atoms with Crippen LogP contribution in [-0.4, -0.2) is 42.8 Å². The zero-order chi connectivity index (χ0) is 14.8. The summed E-state index contributed by atoms with van der Waals surface area (Å²) in [6.45, 7) is 4.53. The second-order valence-corrected chi connectivity index (χ2v) is 4.59. The molecule has 19 heavy (non-hydrogen) atoms. The Labute approximate surface area is 112 Å². The summed E-state index contributed by atoms with van der Waals surface area (Å²) < 4.78 is 4.42. The minimum Gasteiger partial charge on any atom is -0.480 e. The number of rotatable bonds is 8. The van der Waals surface area contributed by atoms with Crippen molar-refractivity contribution < 1.29 is 24.2 Å². The number of ether oxygens (including phenoxy) is 1. The molecule has 0 saturated heterocycles. The number of carbonyl (C=O) groups is 3. The maximum atomic E-state index is 11.5. The number of methoxy groups -OCH3 is 1. The van der Waals surface area contributed by atoms with Crippen LogP contribution in [0.25, 0.3) is 0 Å². The monoisotopic (exact) mass is 274 g/mol. The van der Waals surface area contributed by atoms with E-state index in [-0.39, 0.29) is 12.8 Å². The molecule has 0 aromatic rings. The van der Waals surface area contributed by atoms with Crippen molar-refractivity contribution in [2.24, 2.45) is 5.92 Å². The first-order chi connectivity index (χ1) is 8.86. The van der Waals surface area contributed by atoms with Crippen LogP contribution in [-0.2, 0) is 14.3 Å². The molecule has 0 spiro atoms. The summed E-state index contributed by atoms with van der Waals surface area (Å²) in [4.78, 5) is 33.3. The Balaban J connectivity index is 4.08. The number of carboxylic acid groups (broad SMARTS) is 1. The molecular formula is C12H22N2O5. The van der Waals surface area contributed by atoms with E-state index in [2.05, 4.69) is 15.4 Å². The molecule has 0 unspecified atom stereocenters. The zero-order valence-electron chi connectivity index (χ0n) is 11.6. The summed E-state index contributed by atoms with van der Waals surface area (Å²) in [5, 5.41) is 13.8. The van der Waals surface area contributed by atoms with Crippen LogP contribution in [0.2, 0.25) is 0 Å². The van der Waals surface area contributed by atoms with E-state index in [4.69, 9.17) is 5.11 Å². The fourth-order valence-electron chi connectivity index (χ4n) is 1.31. The predicted molar refractivity (Wildman–Crippen MR) is 68.7 cm³/mol. The number of carbonyl (C=O) groups excluding carboxylic acids is 2. The lowest BCUT2D eigenvalue weighted by atomic mass is 10.1. The molecule has 1 atom stereocenters. The van der Waals surface area contributed by atoms with Crippen LogP contribution < -0.4 is 10.6 Å². The van der Waals surface area contributed by atoms with Crippen molar-refractivity contribution in [3.05, 3.63) is 0 Å². The molecule has 0 heterocycles. The van der Waals surface area contributed by atoms with Crippen LogP contribution in [0.15, 0.2) is 0 Å². The van der Waals surface area contributed by atoms with E-state index in [9.17, 15) is 14.4 Å². The average Bonchev–Trinajstić information content (AvgIpc) is 2.33. The van der Waals surface area contributed by atoms with Gasteiger partial charge in [-0.15, -0.1) is 0 Å². The van der Waals surface area contributed by atoms with E-state index < -0.39 is 24.0 Å². The largest absolute Gasteiger partial charge is 0.480 e. The Morgan fingerprint density at radius 1 is 1.21 bits per heavy atom. The number of hydrogen-bond donors (Lipinski definition) is 3. The van der Waals surface area contributed by atoms with Crippen LogP contribution >= 0.6 is 0 Å². The number of esters is 1. The van der Waals surface area contributed by atoms with Crippen molar-refractivity contribution >= 4 is 18.0 Å². The summed E-state index contributed by atoms with van der Waals surface area (Å²) in [7, 11) is 1.23. The molecule has 0 aromatic heterocycles. The standard InChI is InChI=1S/C12H22N2O5/c1-8(2)6-7-13-12(18)14-9(11(16)17)4-5-10(15)19-3/h8-9H,4-7H2,1-3H3,(H,16,17)(H2,13,14,18)/t9-/m0/s1. The highest BCUT2D eigenvalue weighted by Gasteiger charge is 2.20. The number of hydrogen-bond acceptors (Lipinski definition) is 4. The van der Waals surface area contributed by atoms with Crippen molar-refractivity contribution in [3.63, 3.8) is 0 Å². The summed E-state index contributed by atoms with van der Waals surface area (Å²) >= 11 is 0. The van der Waals surface area contributed by atoms with Gasteiger partial charge in [0.1, 0.15) is 6.04 Å². The quantitative estimate of drug-likeness (QED) is 0.566. The lowest BCUT2D eigenvalue weighted by molar-refractivity contribution is -0.142. The molecule has 0 radical (unpaired) electrons. The van der Waals surface area contributed by atoms with Gasteiger partial charge in [-0.2, -0.15) is 0 Å². The molecule has 7 nitrogen and oxygen atoms in total. The first kappa shape index (κ1) is 17.2. The van der Waals surface area contributed by atoms with E-state index in [0.717, 1.165) is 6.42 Å². The Bertz CT molecular complexity index is 317. The molecule has 7 heteroatoms. The number of carboxylic acids is 1. The van der Waals surface area contributed by atoms with Gasteiger partial charge < -0.3 is 20.5 Å². The SMILES string of the molecule is COC(=O)CC[C@H](NC(=O)NCCC(C)C)C(=O)O. The average molecular weight is 274 g/mol. The summed E-state index contributed by atoms with van der Waals surface area (Å²) in [5.74, 6) is -1.23. The first-order valence-corrected chi connectivity index (χ1v) is 6.20. The number of amides is 2. The molecule has 0 aliphatic carbocycles. The summed E-state index contributed by atoms with van der Waals surface area (Å²) in [6, 6.07) is -1.64. The second-order valence-electron chi connectivity index (χ2n) is 4.59. The van der Waals surface area contributed by atoms with Crippen LogP contribution in [0.4, 0.5) is 4.79 Å². The molecule has 0 bridgehead atoms. The Morgan fingerprint density at radius 3 is 2.32 bits per heavy atom. The number of urea groups is 1. The molecule has 2 amide bonds.